The Morgan fingerprint density at radius 1 is 1.61 bits per heavy atom. The second-order valence-electron chi connectivity index (χ2n) is 4.81. The fourth-order valence-corrected chi connectivity index (χ4v) is 2.48. The van der Waals surface area contributed by atoms with E-state index in [2.05, 4.69) is 4.98 Å². The van der Waals surface area contributed by atoms with E-state index in [0.29, 0.717) is 12.1 Å². The Labute approximate surface area is 107 Å². The van der Waals surface area contributed by atoms with Crippen molar-refractivity contribution in [2.45, 2.75) is 38.3 Å². The van der Waals surface area contributed by atoms with E-state index in [9.17, 15) is 9.90 Å². The molecule has 1 saturated heterocycles. The number of aromatic nitrogens is 1. The monoisotopic (exact) mass is 249 g/mol. The highest BCUT2D eigenvalue weighted by molar-refractivity contribution is 5.96. The van der Waals surface area contributed by atoms with Crippen molar-refractivity contribution in [1.29, 1.82) is 0 Å². The first-order valence-corrected chi connectivity index (χ1v) is 6.31. The Morgan fingerprint density at radius 2 is 2.39 bits per heavy atom. The van der Waals surface area contributed by atoms with E-state index in [1.54, 1.807) is 11.0 Å². The number of rotatable bonds is 2. The molecular formula is C13H19N3O2. The number of hydrogen-bond acceptors (Lipinski definition) is 4. The van der Waals surface area contributed by atoms with Crippen molar-refractivity contribution in [3.63, 3.8) is 0 Å². The van der Waals surface area contributed by atoms with Gasteiger partial charge >= 0.3 is 0 Å². The predicted molar refractivity (Wildman–Crippen MR) is 68.2 cm³/mol. The van der Waals surface area contributed by atoms with E-state index in [4.69, 9.17) is 5.73 Å². The molecule has 2 atom stereocenters. The van der Waals surface area contributed by atoms with Crippen LogP contribution in [-0.2, 0) is 0 Å². The Kier molecular flexibility index (Phi) is 3.81. The third-order valence-corrected chi connectivity index (χ3v) is 3.45. The highest BCUT2D eigenvalue weighted by Crippen LogP contribution is 2.24. The van der Waals surface area contributed by atoms with Gasteiger partial charge in [-0.25, -0.2) is 0 Å². The fraction of sp³-hybridized carbons (Fsp3) is 0.538. The molecule has 0 radical (unpaired) electrons. The molecule has 1 aromatic rings. The van der Waals surface area contributed by atoms with Gasteiger partial charge in [-0.15, -0.1) is 0 Å². The molecule has 1 amide bonds. The van der Waals surface area contributed by atoms with Gasteiger partial charge in [-0.1, -0.05) is 0 Å². The molecule has 1 aliphatic heterocycles. The van der Waals surface area contributed by atoms with Gasteiger partial charge in [0.1, 0.15) is 5.75 Å². The molecule has 3 N–H and O–H groups in total. The van der Waals surface area contributed by atoms with Gasteiger partial charge in [-0.05, 0) is 32.3 Å². The van der Waals surface area contributed by atoms with Crippen LogP contribution in [0.2, 0.25) is 0 Å². The van der Waals surface area contributed by atoms with Crippen molar-refractivity contribution >= 4 is 5.91 Å². The average molecular weight is 249 g/mol. The zero-order chi connectivity index (χ0) is 13.1. The first kappa shape index (κ1) is 12.8. The van der Waals surface area contributed by atoms with Crippen LogP contribution in [0.25, 0.3) is 0 Å². The summed E-state index contributed by atoms with van der Waals surface area (Å²) in [6.45, 7) is 2.62. The predicted octanol–water partition coefficient (Wildman–Crippen LogP) is 1.13. The number of piperidine rings is 1. The van der Waals surface area contributed by atoms with Crippen LogP contribution >= 0.6 is 0 Å². The summed E-state index contributed by atoms with van der Waals surface area (Å²) in [5.41, 5.74) is 6.25. The number of carbonyl (C=O) groups excluding carboxylic acids is 1. The molecule has 0 saturated carbocycles. The minimum atomic E-state index is -0.156. The maximum Gasteiger partial charge on any atom is 0.258 e. The molecule has 1 aliphatic rings. The number of nitrogens with two attached hydrogens (primary N) is 1. The standard InChI is InChI=1S/C13H19N3O2/c1-9(14)11-4-2-3-7-16(11)13(18)10-5-6-15-8-12(10)17/h5-6,8-9,11,17H,2-4,7,14H2,1H3. The van der Waals surface area contributed by atoms with Crippen LogP contribution in [0.1, 0.15) is 36.5 Å². The second kappa shape index (κ2) is 5.35. The lowest BCUT2D eigenvalue weighted by Gasteiger charge is -2.38. The maximum absolute atomic E-state index is 12.4. The lowest BCUT2D eigenvalue weighted by Crippen LogP contribution is -2.51. The van der Waals surface area contributed by atoms with Gasteiger partial charge in [0.25, 0.3) is 5.91 Å². The molecule has 0 aliphatic carbocycles. The summed E-state index contributed by atoms with van der Waals surface area (Å²) < 4.78 is 0. The quantitative estimate of drug-likeness (QED) is 0.823. The minimum Gasteiger partial charge on any atom is -0.505 e. The van der Waals surface area contributed by atoms with Crippen molar-refractivity contribution in [3.05, 3.63) is 24.0 Å². The molecule has 1 aromatic heterocycles. The molecule has 2 unspecified atom stereocenters. The number of aromatic hydroxyl groups is 1. The molecule has 0 spiro atoms. The van der Waals surface area contributed by atoms with Gasteiger partial charge < -0.3 is 15.7 Å². The number of likely N-dealkylation sites (tertiary alicyclic amines) is 1. The molecule has 5 nitrogen and oxygen atoms in total. The summed E-state index contributed by atoms with van der Waals surface area (Å²) in [6.07, 6.45) is 5.81. The summed E-state index contributed by atoms with van der Waals surface area (Å²) in [5, 5.41) is 9.70. The molecule has 0 bridgehead atoms. The number of amides is 1. The number of nitrogens with zero attached hydrogens (tertiary/aromatic N) is 2. The Morgan fingerprint density at radius 3 is 3.06 bits per heavy atom. The Bertz CT molecular complexity index is 434. The maximum atomic E-state index is 12.4. The summed E-state index contributed by atoms with van der Waals surface area (Å²) >= 11 is 0. The van der Waals surface area contributed by atoms with Gasteiger partial charge in [0.2, 0.25) is 0 Å². The Hall–Kier alpha value is -1.62. The van der Waals surface area contributed by atoms with Gasteiger partial charge in [-0.3, -0.25) is 9.78 Å². The highest BCUT2D eigenvalue weighted by atomic mass is 16.3. The van der Waals surface area contributed by atoms with Crippen LogP contribution < -0.4 is 5.73 Å². The Balaban J connectivity index is 2.24. The van der Waals surface area contributed by atoms with Gasteiger partial charge in [0.05, 0.1) is 11.8 Å². The molecule has 1 fully saturated rings. The first-order chi connectivity index (χ1) is 8.61. The van der Waals surface area contributed by atoms with Crippen LogP contribution in [0, 0.1) is 0 Å². The summed E-state index contributed by atoms with van der Waals surface area (Å²) in [7, 11) is 0. The summed E-state index contributed by atoms with van der Waals surface area (Å²) in [4.78, 5) is 18.0. The number of pyridine rings is 1. The van der Waals surface area contributed by atoms with Gasteiger partial charge in [0.15, 0.2) is 0 Å². The first-order valence-electron chi connectivity index (χ1n) is 6.31. The van der Waals surface area contributed by atoms with Crippen molar-refractivity contribution in [3.8, 4) is 5.75 Å². The van der Waals surface area contributed by atoms with E-state index in [0.717, 1.165) is 19.3 Å². The van der Waals surface area contributed by atoms with E-state index < -0.39 is 0 Å². The SMILES string of the molecule is CC(N)C1CCCCN1C(=O)c1ccncc1O. The highest BCUT2D eigenvalue weighted by Gasteiger charge is 2.30. The van der Waals surface area contributed by atoms with E-state index in [-0.39, 0.29) is 23.7 Å². The number of carbonyl (C=O) groups is 1. The van der Waals surface area contributed by atoms with Crippen LogP contribution in [0.4, 0.5) is 0 Å². The van der Waals surface area contributed by atoms with Crippen molar-refractivity contribution in [2.24, 2.45) is 5.73 Å². The van der Waals surface area contributed by atoms with Gasteiger partial charge in [-0.2, -0.15) is 0 Å². The summed E-state index contributed by atoms with van der Waals surface area (Å²) in [5.74, 6) is -0.228. The third kappa shape index (κ3) is 2.46. The normalized spacial score (nSPS) is 21.7. The van der Waals surface area contributed by atoms with Crippen LogP contribution in [-0.4, -0.2) is 39.5 Å². The van der Waals surface area contributed by atoms with E-state index in [1.165, 1.54) is 12.4 Å². The fourth-order valence-electron chi connectivity index (χ4n) is 2.48. The average Bonchev–Trinajstić information content (AvgIpc) is 2.38. The van der Waals surface area contributed by atoms with Crippen LogP contribution in [0.15, 0.2) is 18.5 Å². The van der Waals surface area contributed by atoms with Crippen molar-refractivity contribution in [1.82, 2.24) is 9.88 Å². The topological polar surface area (TPSA) is 79.5 Å². The molecule has 2 heterocycles. The lowest BCUT2D eigenvalue weighted by atomic mass is 9.96. The van der Waals surface area contributed by atoms with E-state index in [1.807, 2.05) is 6.92 Å². The molecule has 5 heteroatoms. The summed E-state index contributed by atoms with van der Waals surface area (Å²) in [6, 6.07) is 1.54. The van der Waals surface area contributed by atoms with Crippen molar-refractivity contribution in [2.75, 3.05) is 6.54 Å². The van der Waals surface area contributed by atoms with Crippen LogP contribution in [0.5, 0.6) is 5.75 Å². The molecule has 2 rings (SSSR count). The van der Waals surface area contributed by atoms with E-state index >= 15 is 0 Å². The molecule has 98 valence electrons. The third-order valence-electron chi connectivity index (χ3n) is 3.45. The van der Waals surface area contributed by atoms with Crippen LogP contribution in [0.3, 0.4) is 0 Å². The van der Waals surface area contributed by atoms with Crippen molar-refractivity contribution < 1.29 is 9.90 Å². The zero-order valence-electron chi connectivity index (χ0n) is 10.5. The minimum absolute atomic E-state index is 0.0545. The molecule has 0 aromatic carbocycles. The van der Waals surface area contributed by atoms with Gasteiger partial charge in [0, 0.05) is 24.8 Å². The number of hydrogen-bond donors (Lipinski definition) is 2. The zero-order valence-corrected chi connectivity index (χ0v) is 10.5. The molecule has 18 heavy (non-hydrogen) atoms. The second-order valence-corrected chi connectivity index (χ2v) is 4.81. The smallest absolute Gasteiger partial charge is 0.258 e. The largest absolute Gasteiger partial charge is 0.505 e. The lowest BCUT2D eigenvalue weighted by molar-refractivity contribution is 0.0580. The molecular weight excluding hydrogens is 230 g/mol.